The third-order valence-corrected chi connectivity index (χ3v) is 3.01. The molecule has 1 amide bonds. The van der Waals surface area contributed by atoms with Gasteiger partial charge in [-0.1, -0.05) is 6.07 Å². The lowest BCUT2D eigenvalue weighted by molar-refractivity contribution is 0.101. The number of benzene rings is 2. The number of carbonyl (C=O) groups excluding carboxylic acids is 1. The maximum absolute atomic E-state index is 13.9. The van der Waals surface area contributed by atoms with Crippen molar-refractivity contribution < 1.29 is 13.6 Å². The largest absolute Gasteiger partial charge is 0.399 e. The third kappa shape index (κ3) is 2.61. The number of nitrogens with one attached hydrogen (secondary N) is 1. The lowest BCUT2D eigenvalue weighted by Gasteiger charge is -2.11. The van der Waals surface area contributed by atoms with Gasteiger partial charge in [0.25, 0.3) is 5.91 Å². The van der Waals surface area contributed by atoms with Crippen molar-refractivity contribution in [2.24, 2.45) is 0 Å². The second-order valence-corrected chi connectivity index (χ2v) is 4.58. The first-order valence-electron chi connectivity index (χ1n) is 6.02. The van der Waals surface area contributed by atoms with Crippen LogP contribution in [0.1, 0.15) is 21.5 Å². The van der Waals surface area contributed by atoms with Gasteiger partial charge in [-0.05, 0) is 49.2 Å². The predicted octanol–water partition coefficient (Wildman–Crippen LogP) is 3.42. The van der Waals surface area contributed by atoms with Crippen molar-refractivity contribution in [1.29, 1.82) is 0 Å². The van der Waals surface area contributed by atoms with E-state index in [1.807, 2.05) is 0 Å². The zero-order valence-electron chi connectivity index (χ0n) is 11.1. The molecular formula is C15H14F2N2O. The van der Waals surface area contributed by atoms with Crippen LogP contribution in [-0.2, 0) is 0 Å². The molecule has 0 heterocycles. The van der Waals surface area contributed by atoms with Gasteiger partial charge in [0.15, 0.2) is 0 Å². The lowest BCUT2D eigenvalue weighted by Crippen LogP contribution is -2.17. The molecule has 20 heavy (non-hydrogen) atoms. The second kappa shape index (κ2) is 5.28. The van der Waals surface area contributed by atoms with Crippen LogP contribution in [0.4, 0.5) is 20.2 Å². The van der Waals surface area contributed by atoms with Crippen molar-refractivity contribution in [3.63, 3.8) is 0 Å². The summed E-state index contributed by atoms with van der Waals surface area (Å²) >= 11 is 0. The number of halogens is 2. The van der Waals surface area contributed by atoms with Crippen LogP contribution in [0.5, 0.6) is 0 Å². The summed E-state index contributed by atoms with van der Waals surface area (Å²) in [5.41, 5.74) is 6.96. The molecule has 0 spiro atoms. The summed E-state index contributed by atoms with van der Waals surface area (Å²) in [5.74, 6) is -2.56. The van der Waals surface area contributed by atoms with Gasteiger partial charge in [0.1, 0.15) is 17.2 Å². The van der Waals surface area contributed by atoms with E-state index in [-0.39, 0.29) is 5.56 Å². The molecule has 0 radical (unpaired) electrons. The zero-order chi connectivity index (χ0) is 14.9. The number of nitrogen functional groups attached to an aromatic ring is 1. The summed E-state index contributed by atoms with van der Waals surface area (Å²) in [5, 5.41) is 2.49. The number of hydrogen-bond acceptors (Lipinski definition) is 2. The minimum Gasteiger partial charge on any atom is -0.399 e. The van der Waals surface area contributed by atoms with Crippen LogP contribution in [0.25, 0.3) is 0 Å². The molecule has 0 unspecified atom stereocenters. The van der Waals surface area contributed by atoms with Crippen molar-refractivity contribution in [3.8, 4) is 0 Å². The van der Waals surface area contributed by atoms with E-state index < -0.39 is 23.1 Å². The van der Waals surface area contributed by atoms with Gasteiger partial charge in [0.2, 0.25) is 0 Å². The highest BCUT2D eigenvalue weighted by molar-refractivity contribution is 6.05. The van der Waals surface area contributed by atoms with Gasteiger partial charge in [0.05, 0.1) is 0 Å². The Balaban J connectivity index is 2.36. The Morgan fingerprint density at radius 2 is 1.80 bits per heavy atom. The van der Waals surface area contributed by atoms with E-state index in [2.05, 4.69) is 5.32 Å². The van der Waals surface area contributed by atoms with Gasteiger partial charge in [-0.2, -0.15) is 0 Å². The first-order valence-corrected chi connectivity index (χ1v) is 6.02. The minimum absolute atomic E-state index is 0.213. The Morgan fingerprint density at radius 3 is 2.45 bits per heavy atom. The summed E-state index contributed by atoms with van der Waals surface area (Å²) in [4.78, 5) is 12.0. The number of carbonyl (C=O) groups is 1. The maximum Gasteiger partial charge on any atom is 0.261 e. The third-order valence-electron chi connectivity index (χ3n) is 3.01. The highest BCUT2D eigenvalue weighted by Crippen LogP contribution is 2.21. The molecule has 104 valence electrons. The number of aryl methyl sites for hydroxylation is 2. The minimum atomic E-state index is -0.890. The molecule has 0 fully saturated rings. The molecule has 0 saturated carbocycles. The van der Waals surface area contributed by atoms with Gasteiger partial charge < -0.3 is 11.1 Å². The highest BCUT2D eigenvalue weighted by Gasteiger charge is 2.19. The van der Waals surface area contributed by atoms with E-state index in [1.165, 1.54) is 13.0 Å². The zero-order valence-corrected chi connectivity index (χ0v) is 11.1. The van der Waals surface area contributed by atoms with Crippen molar-refractivity contribution in [2.75, 3.05) is 11.1 Å². The van der Waals surface area contributed by atoms with Crippen molar-refractivity contribution in [1.82, 2.24) is 0 Å². The standard InChI is InChI=1S/C15H14F2N2O/c1-8-3-5-11(16)13(14(8)17)15(20)19-12-6-4-10(18)7-9(12)2/h3-7H,18H2,1-2H3,(H,19,20). The predicted molar refractivity (Wildman–Crippen MR) is 74.6 cm³/mol. The van der Waals surface area contributed by atoms with E-state index in [9.17, 15) is 13.6 Å². The Bertz CT molecular complexity index is 684. The highest BCUT2D eigenvalue weighted by atomic mass is 19.1. The van der Waals surface area contributed by atoms with Crippen LogP contribution in [0.15, 0.2) is 30.3 Å². The second-order valence-electron chi connectivity index (χ2n) is 4.58. The topological polar surface area (TPSA) is 55.1 Å². The van der Waals surface area contributed by atoms with E-state index in [0.717, 1.165) is 6.07 Å². The summed E-state index contributed by atoms with van der Waals surface area (Å²) in [6.07, 6.45) is 0. The Kier molecular flexibility index (Phi) is 3.70. The Labute approximate surface area is 115 Å². The summed E-state index contributed by atoms with van der Waals surface area (Å²) < 4.78 is 27.5. The monoisotopic (exact) mass is 276 g/mol. The fourth-order valence-electron chi connectivity index (χ4n) is 1.88. The van der Waals surface area contributed by atoms with Gasteiger partial charge >= 0.3 is 0 Å². The van der Waals surface area contributed by atoms with Crippen LogP contribution in [0.3, 0.4) is 0 Å². The molecule has 5 heteroatoms. The number of nitrogens with two attached hydrogens (primary N) is 1. The smallest absolute Gasteiger partial charge is 0.261 e. The molecule has 0 aliphatic heterocycles. The van der Waals surface area contributed by atoms with E-state index in [0.29, 0.717) is 16.9 Å². The summed E-state index contributed by atoms with van der Waals surface area (Å²) in [6, 6.07) is 7.22. The van der Waals surface area contributed by atoms with E-state index >= 15 is 0 Å². The number of anilines is 2. The van der Waals surface area contributed by atoms with Gasteiger partial charge in [-0.15, -0.1) is 0 Å². The fourth-order valence-corrected chi connectivity index (χ4v) is 1.88. The molecule has 2 aromatic carbocycles. The molecular weight excluding hydrogens is 262 g/mol. The molecule has 0 bridgehead atoms. The molecule has 2 rings (SSSR count). The van der Waals surface area contributed by atoms with Gasteiger partial charge in [-0.25, -0.2) is 8.78 Å². The average Bonchev–Trinajstić information content (AvgIpc) is 2.38. The Morgan fingerprint density at radius 1 is 1.10 bits per heavy atom. The van der Waals surface area contributed by atoms with Crippen molar-refractivity contribution in [2.45, 2.75) is 13.8 Å². The van der Waals surface area contributed by atoms with Crippen molar-refractivity contribution >= 4 is 17.3 Å². The summed E-state index contributed by atoms with van der Waals surface area (Å²) in [7, 11) is 0. The molecule has 2 aromatic rings. The number of amides is 1. The van der Waals surface area contributed by atoms with Crippen LogP contribution < -0.4 is 11.1 Å². The molecule has 0 aliphatic carbocycles. The maximum atomic E-state index is 13.9. The number of hydrogen-bond donors (Lipinski definition) is 2. The van der Waals surface area contributed by atoms with Crippen molar-refractivity contribution in [3.05, 3.63) is 58.7 Å². The van der Waals surface area contributed by atoms with Crippen LogP contribution >= 0.6 is 0 Å². The lowest BCUT2D eigenvalue weighted by atomic mass is 10.1. The van der Waals surface area contributed by atoms with Gasteiger partial charge in [-0.3, -0.25) is 4.79 Å². The molecule has 3 nitrogen and oxygen atoms in total. The first kappa shape index (κ1) is 14.0. The van der Waals surface area contributed by atoms with E-state index in [4.69, 9.17) is 5.73 Å². The molecule has 0 aromatic heterocycles. The van der Waals surface area contributed by atoms with Crippen LogP contribution in [0.2, 0.25) is 0 Å². The molecule has 3 N–H and O–H groups in total. The molecule has 0 atom stereocenters. The fraction of sp³-hybridized carbons (Fsp3) is 0.133. The van der Waals surface area contributed by atoms with Crippen LogP contribution in [0, 0.1) is 25.5 Å². The normalized spacial score (nSPS) is 10.4. The average molecular weight is 276 g/mol. The summed E-state index contributed by atoms with van der Waals surface area (Å²) in [6.45, 7) is 3.22. The van der Waals surface area contributed by atoms with Crippen LogP contribution in [-0.4, -0.2) is 5.91 Å². The number of rotatable bonds is 2. The quantitative estimate of drug-likeness (QED) is 0.826. The van der Waals surface area contributed by atoms with E-state index in [1.54, 1.807) is 25.1 Å². The first-order chi connectivity index (χ1) is 9.40. The SMILES string of the molecule is Cc1cc(N)ccc1NC(=O)c1c(F)ccc(C)c1F. The van der Waals surface area contributed by atoms with Gasteiger partial charge in [0, 0.05) is 11.4 Å². The molecule has 0 saturated heterocycles. The Hall–Kier alpha value is -2.43. The molecule has 0 aliphatic rings.